The number of methoxy groups -OCH3 is 2. The summed E-state index contributed by atoms with van der Waals surface area (Å²) >= 11 is 3.49. The summed E-state index contributed by atoms with van der Waals surface area (Å²) in [6.45, 7) is 0.482. The lowest BCUT2D eigenvalue weighted by Gasteiger charge is -2.12. The molecule has 1 atom stereocenters. The summed E-state index contributed by atoms with van der Waals surface area (Å²) in [5, 5.41) is 3.03. The van der Waals surface area contributed by atoms with Crippen molar-refractivity contribution in [1.82, 2.24) is 5.32 Å². The molecule has 4 nitrogen and oxygen atoms in total. The lowest BCUT2D eigenvalue weighted by atomic mass is 10.1. The summed E-state index contributed by atoms with van der Waals surface area (Å²) < 4.78 is 11.6. The molecular weight excluding hydrogens is 370 g/mol. The minimum absolute atomic E-state index is 0.00874. The Hall–Kier alpha value is -2.01. The van der Waals surface area contributed by atoms with Crippen molar-refractivity contribution in [3.8, 4) is 11.5 Å². The van der Waals surface area contributed by atoms with E-state index in [1.54, 1.807) is 14.2 Å². The number of halogens is 1. The fourth-order valence-electron chi connectivity index (χ4n) is 3.10. The van der Waals surface area contributed by atoms with Crippen molar-refractivity contribution in [2.24, 2.45) is 5.92 Å². The molecule has 1 aliphatic rings. The summed E-state index contributed by atoms with van der Waals surface area (Å²) in [7, 11) is 3.21. The van der Waals surface area contributed by atoms with Crippen LogP contribution < -0.4 is 14.8 Å². The maximum Gasteiger partial charge on any atom is 0.224 e. The second kappa shape index (κ2) is 7.26. The molecule has 0 saturated heterocycles. The minimum atomic E-state index is 0.00874. The normalized spacial score (nSPS) is 15.7. The Balaban J connectivity index is 1.61. The van der Waals surface area contributed by atoms with Crippen molar-refractivity contribution in [2.75, 3.05) is 14.2 Å². The fourth-order valence-corrected chi connectivity index (χ4v) is 3.50. The molecule has 1 amide bonds. The zero-order valence-corrected chi connectivity index (χ0v) is 15.4. The Kier molecular flexibility index (Phi) is 5.09. The third-order valence-electron chi connectivity index (χ3n) is 4.39. The molecule has 2 aromatic carbocycles. The second-order valence-corrected chi connectivity index (χ2v) is 6.84. The monoisotopic (exact) mass is 389 g/mol. The number of ether oxygens (including phenoxy) is 2. The SMILES string of the molecule is COc1ccc(CNC(=O)C2Cc3ccc(Br)cc3C2)cc1OC. The number of carbonyl (C=O) groups excluding carboxylic acids is 1. The van der Waals surface area contributed by atoms with E-state index in [2.05, 4.69) is 33.4 Å². The van der Waals surface area contributed by atoms with E-state index in [0.717, 1.165) is 22.9 Å². The van der Waals surface area contributed by atoms with Crippen LogP contribution >= 0.6 is 15.9 Å². The van der Waals surface area contributed by atoms with Crippen LogP contribution in [-0.2, 0) is 24.2 Å². The van der Waals surface area contributed by atoms with Gasteiger partial charge in [-0.05, 0) is 53.8 Å². The molecule has 0 bridgehead atoms. The maximum absolute atomic E-state index is 12.5. The second-order valence-electron chi connectivity index (χ2n) is 5.93. The average molecular weight is 390 g/mol. The molecule has 1 aliphatic carbocycles. The van der Waals surface area contributed by atoms with Crippen LogP contribution in [0.3, 0.4) is 0 Å². The Bertz CT molecular complexity index is 760. The number of amides is 1. The van der Waals surface area contributed by atoms with Gasteiger partial charge in [-0.15, -0.1) is 0 Å². The van der Waals surface area contributed by atoms with Gasteiger partial charge in [0.15, 0.2) is 11.5 Å². The number of nitrogens with one attached hydrogen (secondary N) is 1. The van der Waals surface area contributed by atoms with Crippen LogP contribution in [0.4, 0.5) is 0 Å². The molecule has 0 spiro atoms. The number of fused-ring (bicyclic) bond motifs is 1. The molecule has 1 unspecified atom stereocenters. The van der Waals surface area contributed by atoms with Crippen LogP contribution in [0.2, 0.25) is 0 Å². The van der Waals surface area contributed by atoms with Gasteiger partial charge in [0.05, 0.1) is 14.2 Å². The predicted molar refractivity (Wildman–Crippen MR) is 96.4 cm³/mol. The molecule has 2 aromatic rings. The minimum Gasteiger partial charge on any atom is -0.493 e. The van der Waals surface area contributed by atoms with E-state index in [1.165, 1.54) is 11.1 Å². The van der Waals surface area contributed by atoms with Gasteiger partial charge in [0.25, 0.3) is 0 Å². The topological polar surface area (TPSA) is 47.6 Å². The smallest absolute Gasteiger partial charge is 0.224 e. The summed E-state index contributed by atoms with van der Waals surface area (Å²) in [6.07, 6.45) is 1.60. The number of hydrogen-bond donors (Lipinski definition) is 1. The number of rotatable bonds is 5. The van der Waals surface area contributed by atoms with Crippen molar-refractivity contribution >= 4 is 21.8 Å². The highest BCUT2D eigenvalue weighted by Gasteiger charge is 2.27. The molecule has 0 radical (unpaired) electrons. The van der Waals surface area contributed by atoms with E-state index in [9.17, 15) is 4.79 Å². The Labute approximate surface area is 150 Å². The molecule has 0 fully saturated rings. The van der Waals surface area contributed by atoms with E-state index < -0.39 is 0 Å². The van der Waals surface area contributed by atoms with Crippen LogP contribution in [0, 0.1) is 5.92 Å². The Morgan fingerprint density at radius 2 is 1.83 bits per heavy atom. The van der Waals surface area contributed by atoms with Gasteiger partial charge in [-0.1, -0.05) is 28.1 Å². The molecule has 0 heterocycles. The molecule has 5 heteroatoms. The summed E-state index contributed by atoms with van der Waals surface area (Å²) in [5.41, 5.74) is 3.51. The standard InChI is InChI=1S/C19H20BrNO3/c1-23-17-6-3-12(7-18(17)24-2)11-21-19(22)15-8-13-4-5-16(20)10-14(13)9-15/h3-7,10,15H,8-9,11H2,1-2H3,(H,21,22). The third kappa shape index (κ3) is 3.56. The van der Waals surface area contributed by atoms with Crippen molar-refractivity contribution in [2.45, 2.75) is 19.4 Å². The van der Waals surface area contributed by atoms with Crippen molar-refractivity contribution < 1.29 is 14.3 Å². The van der Waals surface area contributed by atoms with Crippen LogP contribution in [0.1, 0.15) is 16.7 Å². The average Bonchev–Trinajstić information content (AvgIpc) is 3.02. The maximum atomic E-state index is 12.5. The summed E-state index contributed by atoms with van der Waals surface area (Å²) in [6, 6.07) is 11.9. The van der Waals surface area contributed by atoms with E-state index in [1.807, 2.05) is 24.3 Å². The fraction of sp³-hybridized carbons (Fsp3) is 0.316. The first-order valence-electron chi connectivity index (χ1n) is 7.86. The molecule has 1 N–H and O–H groups in total. The van der Waals surface area contributed by atoms with Crippen molar-refractivity contribution in [3.63, 3.8) is 0 Å². The van der Waals surface area contributed by atoms with Crippen LogP contribution in [0.15, 0.2) is 40.9 Å². The van der Waals surface area contributed by atoms with Crippen molar-refractivity contribution in [3.05, 3.63) is 57.6 Å². The largest absolute Gasteiger partial charge is 0.493 e. The number of hydrogen-bond acceptors (Lipinski definition) is 3. The van der Waals surface area contributed by atoms with Crippen molar-refractivity contribution in [1.29, 1.82) is 0 Å². The molecule has 0 saturated carbocycles. The van der Waals surface area contributed by atoms with Gasteiger partial charge < -0.3 is 14.8 Å². The highest BCUT2D eigenvalue weighted by atomic mass is 79.9. The van der Waals surface area contributed by atoms with Crippen LogP contribution in [-0.4, -0.2) is 20.1 Å². The Morgan fingerprint density at radius 3 is 2.58 bits per heavy atom. The van der Waals surface area contributed by atoms with Gasteiger partial charge in [0, 0.05) is 16.9 Å². The van der Waals surface area contributed by atoms with Gasteiger partial charge in [-0.25, -0.2) is 0 Å². The van der Waals surface area contributed by atoms with E-state index in [-0.39, 0.29) is 11.8 Å². The van der Waals surface area contributed by atoms with E-state index in [0.29, 0.717) is 18.0 Å². The molecule has 126 valence electrons. The van der Waals surface area contributed by atoms with Gasteiger partial charge >= 0.3 is 0 Å². The predicted octanol–water partition coefficient (Wildman–Crippen LogP) is 3.50. The molecular formula is C19H20BrNO3. The first kappa shape index (κ1) is 16.8. The van der Waals surface area contributed by atoms with E-state index in [4.69, 9.17) is 9.47 Å². The quantitative estimate of drug-likeness (QED) is 0.850. The first-order chi connectivity index (χ1) is 11.6. The van der Waals surface area contributed by atoms with Gasteiger partial charge in [0.2, 0.25) is 5.91 Å². The first-order valence-corrected chi connectivity index (χ1v) is 8.66. The van der Waals surface area contributed by atoms with Gasteiger partial charge in [0.1, 0.15) is 0 Å². The number of benzene rings is 2. The lowest BCUT2D eigenvalue weighted by molar-refractivity contribution is -0.124. The zero-order chi connectivity index (χ0) is 17.1. The van der Waals surface area contributed by atoms with Crippen LogP contribution in [0.25, 0.3) is 0 Å². The highest BCUT2D eigenvalue weighted by Crippen LogP contribution is 2.30. The van der Waals surface area contributed by atoms with Crippen LogP contribution in [0.5, 0.6) is 11.5 Å². The Morgan fingerprint density at radius 1 is 1.08 bits per heavy atom. The van der Waals surface area contributed by atoms with E-state index >= 15 is 0 Å². The molecule has 0 aliphatic heterocycles. The molecule has 3 rings (SSSR count). The summed E-state index contributed by atoms with van der Waals surface area (Å²) in [4.78, 5) is 12.5. The molecule has 24 heavy (non-hydrogen) atoms. The third-order valence-corrected chi connectivity index (χ3v) is 4.88. The lowest BCUT2D eigenvalue weighted by Crippen LogP contribution is -2.30. The summed E-state index contributed by atoms with van der Waals surface area (Å²) in [5.74, 6) is 1.46. The van der Waals surface area contributed by atoms with Gasteiger partial charge in [-0.3, -0.25) is 4.79 Å². The molecule has 0 aromatic heterocycles. The zero-order valence-electron chi connectivity index (χ0n) is 13.8. The highest BCUT2D eigenvalue weighted by molar-refractivity contribution is 9.10. The van der Waals surface area contributed by atoms with Gasteiger partial charge in [-0.2, -0.15) is 0 Å². The number of carbonyl (C=O) groups is 1.